The zero-order valence-corrected chi connectivity index (χ0v) is 20.0. The molecule has 0 aliphatic carbocycles. The van der Waals surface area contributed by atoms with Crippen LogP contribution in [0.3, 0.4) is 0 Å². The zero-order valence-electron chi connectivity index (χ0n) is 18.4. The summed E-state index contributed by atoms with van der Waals surface area (Å²) in [6.45, 7) is 3.81. The molecule has 0 aliphatic rings. The van der Waals surface area contributed by atoms with Crippen molar-refractivity contribution >= 4 is 34.1 Å². The summed E-state index contributed by atoms with van der Waals surface area (Å²) in [6.07, 6.45) is -0.382. The second-order valence-electron chi connectivity index (χ2n) is 7.08. The van der Waals surface area contributed by atoms with E-state index in [0.717, 1.165) is 17.1 Å². The second-order valence-corrected chi connectivity index (χ2v) is 8.88. The van der Waals surface area contributed by atoms with E-state index in [2.05, 4.69) is 20.5 Å². The van der Waals surface area contributed by atoms with Gasteiger partial charge in [0.1, 0.15) is 11.5 Å². The number of aryl methyl sites for hydroxylation is 1. The van der Waals surface area contributed by atoms with E-state index < -0.39 is 0 Å². The van der Waals surface area contributed by atoms with E-state index >= 15 is 0 Å². The molecule has 1 atom stereocenters. The van der Waals surface area contributed by atoms with Gasteiger partial charge in [-0.2, -0.15) is 0 Å². The third-order valence-electron chi connectivity index (χ3n) is 4.61. The van der Waals surface area contributed by atoms with Crippen LogP contribution in [0.1, 0.15) is 24.5 Å². The van der Waals surface area contributed by atoms with Crippen LogP contribution in [0.5, 0.6) is 11.5 Å². The van der Waals surface area contributed by atoms with Crippen LogP contribution in [-0.4, -0.2) is 38.5 Å². The van der Waals surface area contributed by atoms with Crippen molar-refractivity contribution in [2.24, 2.45) is 0 Å². The van der Waals surface area contributed by atoms with E-state index in [9.17, 15) is 4.79 Å². The number of anilines is 1. The zero-order chi connectivity index (χ0) is 23.2. The quantitative estimate of drug-likeness (QED) is 0.340. The molecule has 1 unspecified atom stereocenters. The van der Waals surface area contributed by atoms with Gasteiger partial charge in [-0.1, -0.05) is 30.0 Å². The van der Waals surface area contributed by atoms with Crippen molar-refractivity contribution < 1.29 is 14.3 Å². The Hall–Kier alpha value is -3.37. The van der Waals surface area contributed by atoms with Gasteiger partial charge in [0.15, 0.2) is 22.2 Å². The highest BCUT2D eigenvalue weighted by molar-refractivity contribution is 7.99. The van der Waals surface area contributed by atoms with Crippen LogP contribution in [0.2, 0.25) is 0 Å². The van der Waals surface area contributed by atoms with Gasteiger partial charge in [-0.25, -0.2) is 4.98 Å². The Morgan fingerprint density at radius 1 is 1.12 bits per heavy atom. The maximum absolute atomic E-state index is 12.4. The Balaban J connectivity index is 1.53. The van der Waals surface area contributed by atoms with Crippen molar-refractivity contribution in [2.75, 3.05) is 18.2 Å². The standard InChI is InChI=1S/C23H23N5O3S2/c1-15-13-32-22(24-15)25-20(29)14-33-23-27-26-21(28(23)17-7-5-4-6-8-17)16(2)31-19-11-9-18(30-3)10-12-19/h4-13,16H,14H2,1-3H3,(H,24,25,29). The molecule has 0 aliphatic heterocycles. The number of hydrogen-bond donors (Lipinski definition) is 1. The van der Waals surface area contributed by atoms with E-state index in [-0.39, 0.29) is 17.8 Å². The molecule has 0 fully saturated rings. The van der Waals surface area contributed by atoms with Crippen LogP contribution in [0.25, 0.3) is 5.69 Å². The molecule has 0 bridgehead atoms. The Morgan fingerprint density at radius 3 is 2.52 bits per heavy atom. The average Bonchev–Trinajstić information content (AvgIpc) is 3.44. The van der Waals surface area contributed by atoms with Crippen molar-refractivity contribution in [2.45, 2.75) is 25.1 Å². The SMILES string of the molecule is COc1ccc(OC(C)c2nnc(SCC(=O)Nc3nc(C)cs3)n2-c2ccccc2)cc1. The van der Waals surface area contributed by atoms with E-state index in [1.807, 2.05) is 78.4 Å². The summed E-state index contributed by atoms with van der Waals surface area (Å²) in [6, 6.07) is 17.1. The third kappa shape index (κ3) is 5.71. The Labute approximate surface area is 200 Å². The number of para-hydroxylation sites is 1. The number of hydrogen-bond acceptors (Lipinski definition) is 8. The molecular formula is C23H23N5O3S2. The molecule has 1 amide bonds. The van der Waals surface area contributed by atoms with Gasteiger partial charge in [0, 0.05) is 11.1 Å². The Morgan fingerprint density at radius 2 is 1.85 bits per heavy atom. The summed E-state index contributed by atoms with van der Waals surface area (Å²) in [5.74, 6) is 2.11. The molecule has 4 rings (SSSR count). The van der Waals surface area contributed by atoms with E-state index in [4.69, 9.17) is 9.47 Å². The summed E-state index contributed by atoms with van der Waals surface area (Å²) in [5.41, 5.74) is 1.77. The largest absolute Gasteiger partial charge is 0.497 e. The predicted octanol–water partition coefficient (Wildman–Crippen LogP) is 4.91. The van der Waals surface area contributed by atoms with Crippen molar-refractivity contribution in [3.05, 3.63) is 71.5 Å². The minimum absolute atomic E-state index is 0.152. The number of carbonyl (C=O) groups excluding carboxylic acids is 1. The lowest BCUT2D eigenvalue weighted by atomic mass is 10.3. The summed E-state index contributed by atoms with van der Waals surface area (Å²) in [7, 11) is 1.62. The maximum atomic E-state index is 12.4. The number of rotatable bonds is 9. The highest BCUT2D eigenvalue weighted by Crippen LogP contribution is 2.28. The molecule has 0 saturated heterocycles. The minimum Gasteiger partial charge on any atom is -0.497 e. The summed E-state index contributed by atoms with van der Waals surface area (Å²) in [4.78, 5) is 16.7. The molecule has 0 spiro atoms. The average molecular weight is 482 g/mol. The number of carbonyl (C=O) groups is 1. The number of benzene rings is 2. The van der Waals surface area contributed by atoms with Crippen molar-refractivity contribution in [3.63, 3.8) is 0 Å². The molecule has 2 aromatic heterocycles. The van der Waals surface area contributed by atoms with Gasteiger partial charge >= 0.3 is 0 Å². The first-order valence-electron chi connectivity index (χ1n) is 10.2. The molecule has 2 heterocycles. The summed E-state index contributed by atoms with van der Waals surface area (Å²) >= 11 is 2.71. The second kappa shape index (κ2) is 10.5. The van der Waals surface area contributed by atoms with Gasteiger partial charge in [0.2, 0.25) is 5.91 Å². The first-order valence-corrected chi connectivity index (χ1v) is 12.1. The molecule has 4 aromatic rings. The first-order chi connectivity index (χ1) is 16.0. The predicted molar refractivity (Wildman–Crippen MR) is 130 cm³/mol. The van der Waals surface area contributed by atoms with E-state index in [0.29, 0.717) is 21.9 Å². The number of nitrogens with zero attached hydrogens (tertiary/aromatic N) is 4. The number of nitrogens with one attached hydrogen (secondary N) is 1. The molecule has 33 heavy (non-hydrogen) atoms. The summed E-state index contributed by atoms with van der Waals surface area (Å²) in [5, 5.41) is 14.6. The highest BCUT2D eigenvalue weighted by Gasteiger charge is 2.22. The highest BCUT2D eigenvalue weighted by atomic mass is 32.2. The molecule has 170 valence electrons. The topological polar surface area (TPSA) is 91.2 Å². The fourth-order valence-corrected chi connectivity index (χ4v) is 4.53. The van der Waals surface area contributed by atoms with Crippen LogP contribution in [0.15, 0.2) is 65.1 Å². The molecule has 2 aromatic carbocycles. The van der Waals surface area contributed by atoms with Gasteiger partial charge in [0.05, 0.1) is 18.6 Å². The fraction of sp³-hybridized carbons (Fsp3) is 0.217. The molecule has 0 radical (unpaired) electrons. The number of thiazole rings is 1. The van der Waals surface area contributed by atoms with Gasteiger partial charge in [-0.3, -0.25) is 9.36 Å². The lowest BCUT2D eigenvalue weighted by Crippen LogP contribution is -2.15. The van der Waals surface area contributed by atoms with Gasteiger partial charge < -0.3 is 14.8 Å². The van der Waals surface area contributed by atoms with E-state index in [1.165, 1.54) is 23.1 Å². The van der Waals surface area contributed by atoms with Crippen LogP contribution in [0, 0.1) is 6.92 Å². The molecule has 1 N–H and O–H groups in total. The number of ether oxygens (including phenoxy) is 2. The van der Waals surface area contributed by atoms with Crippen LogP contribution in [0.4, 0.5) is 5.13 Å². The number of amides is 1. The first kappa shape index (κ1) is 22.8. The van der Waals surface area contributed by atoms with Crippen molar-refractivity contribution in [3.8, 4) is 17.2 Å². The Bertz CT molecular complexity index is 1210. The fourth-order valence-electron chi connectivity index (χ4n) is 3.07. The van der Waals surface area contributed by atoms with Gasteiger partial charge in [0.25, 0.3) is 0 Å². The van der Waals surface area contributed by atoms with E-state index in [1.54, 1.807) is 7.11 Å². The number of methoxy groups -OCH3 is 1. The molecule has 8 nitrogen and oxygen atoms in total. The molecule has 0 saturated carbocycles. The molecular weight excluding hydrogens is 458 g/mol. The number of thioether (sulfide) groups is 1. The lowest BCUT2D eigenvalue weighted by Gasteiger charge is -2.17. The monoisotopic (exact) mass is 481 g/mol. The maximum Gasteiger partial charge on any atom is 0.236 e. The minimum atomic E-state index is -0.382. The van der Waals surface area contributed by atoms with Crippen molar-refractivity contribution in [1.82, 2.24) is 19.7 Å². The van der Waals surface area contributed by atoms with Gasteiger partial charge in [-0.05, 0) is 50.2 Å². The molecule has 10 heteroatoms. The summed E-state index contributed by atoms with van der Waals surface area (Å²) < 4.78 is 13.2. The van der Waals surface area contributed by atoms with Crippen LogP contribution < -0.4 is 14.8 Å². The van der Waals surface area contributed by atoms with Crippen LogP contribution in [-0.2, 0) is 4.79 Å². The van der Waals surface area contributed by atoms with Crippen molar-refractivity contribution in [1.29, 1.82) is 0 Å². The van der Waals surface area contributed by atoms with Gasteiger partial charge in [-0.15, -0.1) is 21.5 Å². The normalized spacial score (nSPS) is 11.7. The Kier molecular flexibility index (Phi) is 7.26. The van der Waals surface area contributed by atoms with Crippen LogP contribution >= 0.6 is 23.1 Å². The smallest absolute Gasteiger partial charge is 0.236 e. The third-order valence-corrected chi connectivity index (χ3v) is 6.41. The number of aromatic nitrogens is 4. The lowest BCUT2D eigenvalue weighted by molar-refractivity contribution is -0.113.